The van der Waals surface area contributed by atoms with Gasteiger partial charge in [-0.2, -0.15) is 0 Å². The van der Waals surface area contributed by atoms with Crippen molar-refractivity contribution in [2.24, 2.45) is 0 Å². The number of carbonyl (C=O) groups is 2. The van der Waals surface area contributed by atoms with Crippen molar-refractivity contribution in [2.45, 2.75) is 31.0 Å². The van der Waals surface area contributed by atoms with Crippen molar-refractivity contribution >= 4 is 11.9 Å². The van der Waals surface area contributed by atoms with E-state index >= 15 is 0 Å². The summed E-state index contributed by atoms with van der Waals surface area (Å²) in [5.41, 5.74) is 2.65. The van der Waals surface area contributed by atoms with Gasteiger partial charge in [0, 0.05) is 6.42 Å². The minimum Gasteiger partial charge on any atom is -0.480 e. The van der Waals surface area contributed by atoms with E-state index in [4.69, 9.17) is 4.74 Å². The summed E-state index contributed by atoms with van der Waals surface area (Å²) in [5.74, 6) is -1.46. The third-order valence-electron chi connectivity index (χ3n) is 6.19. The van der Waals surface area contributed by atoms with E-state index in [0.29, 0.717) is 0 Å². The molecule has 0 heterocycles. The Kier molecular flexibility index (Phi) is 8.27. The molecule has 4 aromatic rings. The monoisotopic (exact) mass is 479 g/mol. The van der Waals surface area contributed by atoms with Crippen LogP contribution in [0, 0.1) is 0 Å². The summed E-state index contributed by atoms with van der Waals surface area (Å²) in [4.78, 5) is 24.9. The molecule has 0 aliphatic rings. The van der Waals surface area contributed by atoms with Gasteiger partial charge < -0.3 is 9.84 Å². The first-order valence-corrected chi connectivity index (χ1v) is 12.0. The fourth-order valence-corrected chi connectivity index (χ4v) is 4.41. The average molecular weight is 480 g/mol. The zero-order valence-electron chi connectivity index (χ0n) is 19.9. The maximum absolute atomic E-state index is 12.5. The highest BCUT2D eigenvalue weighted by molar-refractivity contribution is 5.76. The molecule has 36 heavy (non-hydrogen) atoms. The normalized spacial score (nSPS) is 12.0. The summed E-state index contributed by atoms with van der Waals surface area (Å²) in [5, 5.41) is 13.6. The Morgan fingerprint density at radius 1 is 0.694 bits per heavy atom. The minimum atomic E-state index is -1.03. The summed E-state index contributed by atoms with van der Waals surface area (Å²) >= 11 is 0. The van der Waals surface area contributed by atoms with Crippen molar-refractivity contribution in [1.29, 1.82) is 0 Å². The van der Waals surface area contributed by atoms with Crippen LogP contribution in [0.3, 0.4) is 0 Å². The van der Waals surface area contributed by atoms with Gasteiger partial charge in [-0.3, -0.25) is 14.9 Å². The van der Waals surface area contributed by atoms with Gasteiger partial charge in [-0.15, -0.1) is 0 Å². The summed E-state index contributed by atoms with van der Waals surface area (Å²) in [6.45, 7) is 0.160. The molecular formula is C31H29NO4. The molecule has 0 radical (unpaired) electrons. The van der Waals surface area contributed by atoms with Crippen molar-refractivity contribution in [2.75, 3.05) is 0 Å². The number of hydrogen-bond acceptors (Lipinski definition) is 4. The third kappa shape index (κ3) is 5.88. The smallest absolute Gasteiger partial charge is 0.320 e. The maximum Gasteiger partial charge on any atom is 0.320 e. The standard InChI is InChI=1S/C31H29NO4/c33-29(36-23-24-13-5-1-6-14-24)22-21-28(30(34)35)32-31(25-15-7-2-8-16-25,26-17-9-3-10-18-26)27-19-11-4-12-20-27/h1-20,28,32H,21-23H2,(H,34,35)/t28-/m0/s1. The molecule has 0 saturated heterocycles. The topological polar surface area (TPSA) is 75.6 Å². The van der Waals surface area contributed by atoms with Crippen LogP contribution < -0.4 is 5.32 Å². The molecule has 0 bridgehead atoms. The Balaban J connectivity index is 1.63. The molecular weight excluding hydrogens is 450 g/mol. The molecule has 1 atom stereocenters. The van der Waals surface area contributed by atoms with Gasteiger partial charge in [0.2, 0.25) is 0 Å². The molecule has 182 valence electrons. The van der Waals surface area contributed by atoms with Crippen LogP contribution in [0.25, 0.3) is 0 Å². The van der Waals surface area contributed by atoms with Gasteiger partial charge in [0.25, 0.3) is 0 Å². The molecule has 5 heteroatoms. The summed E-state index contributed by atoms with van der Waals surface area (Å²) in [7, 11) is 0. The number of esters is 1. The largest absolute Gasteiger partial charge is 0.480 e. The highest BCUT2D eigenvalue weighted by Crippen LogP contribution is 2.37. The number of nitrogens with one attached hydrogen (secondary N) is 1. The Labute approximate surface area is 211 Å². The number of carboxylic acid groups (broad SMARTS) is 1. The number of rotatable bonds is 11. The fraction of sp³-hybridized carbons (Fsp3) is 0.161. The summed E-state index contributed by atoms with van der Waals surface area (Å²) in [6, 6.07) is 37.8. The second-order valence-corrected chi connectivity index (χ2v) is 8.57. The van der Waals surface area contributed by atoms with Crippen LogP contribution in [0.15, 0.2) is 121 Å². The first-order chi connectivity index (χ1) is 17.6. The van der Waals surface area contributed by atoms with E-state index in [1.54, 1.807) is 0 Å². The van der Waals surface area contributed by atoms with E-state index < -0.39 is 23.5 Å². The van der Waals surface area contributed by atoms with Crippen molar-refractivity contribution in [3.63, 3.8) is 0 Å². The van der Waals surface area contributed by atoms with E-state index in [9.17, 15) is 14.7 Å². The Morgan fingerprint density at radius 2 is 1.11 bits per heavy atom. The molecule has 5 nitrogen and oxygen atoms in total. The van der Waals surface area contributed by atoms with E-state index in [1.807, 2.05) is 121 Å². The number of hydrogen-bond donors (Lipinski definition) is 2. The van der Waals surface area contributed by atoms with Crippen LogP contribution in [0.4, 0.5) is 0 Å². The highest BCUT2D eigenvalue weighted by atomic mass is 16.5. The van der Waals surface area contributed by atoms with Crippen molar-refractivity contribution < 1.29 is 19.4 Å². The first-order valence-electron chi connectivity index (χ1n) is 12.0. The Hall–Kier alpha value is -4.22. The predicted octanol–water partition coefficient (Wildman–Crippen LogP) is 5.54. The molecule has 0 aliphatic carbocycles. The number of aliphatic carboxylic acids is 1. The summed E-state index contributed by atoms with van der Waals surface area (Å²) in [6.07, 6.45) is 0.0580. The van der Waals surface area contributed by atoms with Gasteiger partial charge in [-0.1, -0.05) is 121 Å². The lowest BCUT2D eigenvalue weighted by Gasteiger charge is -2.39. The molecule has 4 aromatic carbocycles. The van der Waals surface area contributed by atoms with E-state index in [1.165, 1.54) is 0 Å². The molecule has 0 aliphatic heterocycles. The van der Waals surface area contributed by atoms with Crippen molar-refractivity contribution in [1.82, 2.24) is 5.32 Å². The van der Waals surface area contributed by atoms with Gasteiger partial charge in [0.1, 0.15) is 12.6 Å². The number of carboxylic acids is 1. The lowest BCUT2D eigenvalue weighted by atomic mass is 9.76. The minimum absolute atomic E-state index is 0.0226. The lowest BCUT2D eigenvalue weighted by Crippen LogP contribution is -2.52. The molecule has 4 rings (SSSR count). The van der Waals surface area contributed by atoms with Gasteiger partial charge in [-0.05, 0) is 28.7 Å². The van der Waals surface area contributed by atoms with E-state index in [0.717, 1.165) is 22.3 Å². The van der Waals surface area contributed by atoms with Crippen LogP contribution >= 0.6 is 0 Å². The summed E-state index contributed by atoms with van der Waals surface area (Å²) < 4.78 is 5.38. The quantitative estimate of drug-likeness (QED) is 0.218. The van der Waals surface area contributed by atoms with Crippen LogP contribution in [-0.4, -0.2) is 23.1 Å². The van der Waals surface area contributed by atoms with Crippen LogP contribution in [0.2, 0.25) is 0 Å². The predicted molar refractivity (Wildman–Crippen MR) is 139 cm³/mol. The van der Waals surface area contributed by atoms with Crippen molar-refractivity contribution in [3.05, 3.63) is 144 Å². The van der Waals surface area contributed by atoms with Gasteiger partial charge in [-0.25, -0.2) is 0 Å². The SMILES string of the molecule is O=C(CC[C@H](NC(c1ccccc1)(c1ccccc1)c1ccccc1)C(=O)O)OCc1ccccc1. The molecule has 2 N–H and O–H groups in total. The molecule has 0 unspecified atom stereocenters. The van der Waals surface area contributed by atoms with Crippen LogP contribution in [0.1, 0.15) is 35.1 Å². The number of carbonyl (C=O) groups excluding carboxylic acids is 1. The molecule has 0 aromatic heterocycles. The van der Waals surface area contributed by atoms with Gasteiger partial charge >= 0.3 is 11.9 Å². The lowest BCUT2D eigenvalue weighted by molar-refractivity contribution is -0.146. The van der Waals surface area contributed by atoms with Gasteiger partial charge in [0.05, 0.1) is 5.54 Å². The molecule has 0 amide bonds. The van der Waals surface area contributed by atoms with Crippen LogP contribution in [0.5, 0.6) is 0 Å². The second-order valence-electron chi connectivity index (χ2n) is 8.57. The first kappa shape index (κ1) is 24.9. The average Bonchev–Trinajstić information content (AvgIpc) is 2.94. The highest BCUT2D eigenvalue weighted by Gasteiger charge is 2.39. The molecule has 0 saturated carbocycles. The molecule has 0 spiro atoms. The van der Waals surface area contributed by atoms with Crippen LogP contribution in [-0.2, 0) is 26.5 Å². The third-order valence-corrected chi connectivity index (χ3v) is 6.19. The zero-order chi connectivity index (χ0) is 25.2. The zero-order valence-corrected chi connectivity index (χ0v) is 19.9. The van der Waals surface area contributed by atoms with E-state index in [2.05, 4.69) is 5.32 Å². The second kappa shape index (κ2) is 12.0. The maximum atomic E-state index is 12.5. The number of ether oxygens (including phenoxy) is 1. The van der Waals surface area contributed by atoms with E-state index in [-0.39, 0.29) is 19.4 Å². The Morgan fingerprint density at radius 3 is 1.53 bits per heavy atom. The van der Waals surface area contributed by atoms with Crippen molar-refractivity contribution in [3.8, 4) is 0 Å². The fourth-order valence-electron chi connectivity index (χ4n) is 4.41. The number of benzene rings is 4. The molecule has 0 fully saturated rings. The van der Waals surface area contributed by atoms with Gasteiger partial charge in [0.15, 0.2) is 0 Å². The Bertz CT molecular complexity index is 1150.